The van der Waals surface area contributed by atoms with Crippen molar-refractivity contribution in [1.29, 1.82) is 0 Å². The van der Waals surface area contributed by atoms with Gasteiger partial charge in [0.15, 0.2) is 0 Å². The summed E-state index contributed by atoms with van der Waals surface area (Å²) < 4.78 is 0. The Bertz CT molecular complexity index is 1380. The third-order valence-corrected chi connectivity index (χ3v) is 8.97. The first-order valence-electron chi connectivity index (χ1n) is 14.2. The van der Waals surface area contributed by atoms with Crippen molar-refractivity contribution in [3.05, 3.63) is 93.7 Å². The smallest absolute Gasteiger partial charge is 0.325 e. The minimum Gasteiger partial charge on any atom is -0.372 e. The highest BCUT2D eigenvalue weighted by Crippen LogP contribution is 2.48. The molecule has 0 atom stereocenters. The van der Waals surface area contributed by atoms with Gasteiger partial charge in [0.25, 0.3) is 0 Å². The van der Waals surface area contributed by atoms with E-state index in [1.165, 1.54) is 24.1 Å². The molecule has 0 saturated carbocycles. The van der Waals surface area contributed by atoms with Crippen molar-refractivity contribution in [2.75, 3.05) is 49.1 Å². The summed E-state index contributed by atoms with van der Waals surface area (Å²) in [5.41, 5.74) is 5.64. The van der Waals surface area contributed by atoms with E-state index in [1.54, 1.807) is 6.20 Å². The van der Waals surface area contributed by atoms with Gasteiger partial charge in [0, 0.05) is 60.7 Å². The van der Waals surface area contributed by atoms with Gasteiger partial charge in [-0.25, -0.2) is 9.78 Å². The zero-order valence-corrected chi connectivity index (χ0v) is 24.2. The first-order valence-corrected chi connectivity index (χ1v) is 15.0. The summed E-state index contributed by atoms with van der Waals surface area (Å²) in [5.74, 6) is 0. The van der Waals surface area contributed by atoms with Gasteiger partial charge in [-0.1, -0.05) is 47.5 Å². The van der Waals surface area contributed by atoms with Crippen molar-refractivity contribution >= 4 is 46.7 Å². The summed E-state index contributed by atoms with van der Waals surface area (Å²) in [6, 6.07) is 18.2. The molecule has 0 unspecified atom stereocenters. The molecule has 40 heavy (non-hydrogen) atoms. The molecule has 3 aliphatic rings. The van der Waals surface area contributed by atoms with Gasteiger partial charge in [0.05, 0.1) is 0 Å². The summed E-state index contributed by atoms with van der Waals surface area (Å²) in [4.78, 5) is 24.9. The van der Waals surface area contributed by atoms with E-state index >= 15 is 0 Å². The number of fused-ring (bicyclic) bond motifs is 2. The van der Waals surface area contributed by atoms with E-state index < -0.39 is 0 Å². The van der Waals surface area contributed by atoms with Crippen molar-refractivity contribution in [2.24, 2.45) is 0 Å². The molecule has 3 aromatic rings. The molecule has 3 aliphatic heterocycles. The van der Waals surface area contributed by atoms with Crippen LogP contribution in [0, 0.1) is 0 Å². The van der Waals surface area contributed by atoms with Crippen molar-refractivity contribution < 1.29 is 4.79 Å². The van der Waals surface area contributed by atoms with Crippen molar-refractivity contribution in [1.82, 2.24) is 15.2 Å². The van der Waals surface area contributed by atoms with Gasteiger partial charge in [-0.3, -0.25) is 4.90 Å². The van der Waals surface area contributed by atoms with E-state index in [2.05, 4.69) is 33.4 Å². The molecule has 1 N–H and O–H groups in total. The SMILES string of the molecule is O=C(N(CC=Cc1ccc(Cl)cc1)Cc1ccnc(Cl)c1)N1CC2(CCNCC2)c2cc(N3CCCC3)ccc21. The number of carbonyl (C=O) groups is 1. The molecule has 6 rings (SSSR count). The third kappa shape index (κ3) is 5.71. The normalized spacial score (nSPS) is 18.1. The van der Waals surface area contributed by atoms with Crippen LogP contribution in [0.4, 0.5) is 16.2 Å². The first-order chi connectivity index (χ1) is 19.5. The number of rotatable bonds is 6. The quantitative estimate of drug-likeness (QED) is 0.330. The number of aromatic nitrogens is 1. The molecule has 2 aromatic carbocycles. The lowest BCUT2D eigenvalue weighted by molar-refractivity contribution is 0.205. The molecule has 0 aliphatic carbocycles. The summed E-state index contributed by atoms with van der Waals surface area (Å²) in [6.07, 6.45) is 10.3. The van der Waals surface area contributed by atoms with E-state index in [0.717, 1.165) is 55.8 Å². The standard InChI is InChI=1S/C32H35Cl2N5O/c33-26-7-5-24(6-8-26)4-3-19-38(22-25-11-14-36-30(34)20-25)31(40)39-23-32(12-15-35-16-13-32)28-21-27(9-10-29(28)39)37-17-1-2-18-37/h3-11,14,20-21,35H,1-2,12-13,15-19,22-23H2. The molecule has 6 nitrogen and oxygen atoms in total. The molecule has 0 radical (unpaired) electrons. The maximum Gasteiger partial charge on any atom is 0.325 e. The Morgan fingerprint density at radius 3 is 2.55 bits per heavy atom. The Labute approximate surface area is 246 Å². The van der Waals surface area contributed by atoms with Crippen molar-refractivity contribution in [2.45, 2.75) is 37.6 Å². The number of benzene rings is 2. The minimum absolute atomic E-state index is 0.0132. The van der Waals surface area contributed by atoms with Crippen LogP contribution < -0.4 is 15.1 Å². The lowest BCUT2D eigenvalue weighted by Gasteiger charge is -2.35. The third-order valence-electron chi connectivity index (χ3n) is 8.51. The average molecular weight is 577 g/mol. The molecule has 208 valence electrons. The van der Waals surface area contributed by atoms with Crippen LogP contribution >= 0.6 is 23.2 Å². The number of nitrogens with zero attached hydrogens (tertiary/aromatic N) is 4. The number of urea groups is 1. The van der Waals surface area contributed by atoms with E-state index in [4.69, 9.17) is 23.2 Å². The van der Waals surface area contributed by atoms with Crippen molar-refractivity contribution in [3.8, 4) is 0 Å². The second-order valence-corrected chi connectivity index (χ2v) is 11.9. The number of amides is 2. The number of nitrogens with one attached hydrogen (secondary N) is 1. The Balaban J connectivity index is 1.31. The molecular formula is C32H35Cl2N5O. The largest absolute Gasteiger partial charge is 0.372 e. The van der Waals surface area contributed by atoms with Crippen LogP contribution in [-0.4, -0.2) is 55.2 Å². The van der Waals surface area contributed by atoms with Crippen LogP contribution in [0.3, 0.4) is 0 Å². The highest BCUT2D eigenvalue weighted by Gasteiger charge is 2.46. The number of pyridine rings is 1. The Kier molecular flexibility index (Phi) is 8.01. The highest BCUT2D eigenvalue weighted by atomic mass is 35.5. The average Bonchev–Trinajstić information content (AvgIpc) is 3.61. The molecular weight excluding hydrogens is 541 g/mol. The van der Waals surface area contributed by atoms with E-state index in [9.17, 15) is 4.79 Å². The fraction of sp³-hybridized carbons (Fsp3) is 0.375. The zero-order chi connectivity index (χ0) is 27.5. The Morgan fingerprint density at radius 2 is 1.80 bits per heavy atom. The fourth-order valence-corrected chi connectivity index (χ4v) is 6.69. The second kappa shape index (κ2) is 11.8. The Hall–Kier alpha value is -3.06. The Morgan fingerprint density at radius 1 is 1.02 bits per heavy atom. The number of carbonyl (C=O) groups excluding carboxylic acids is 1. The number of halogens is 2. The maximum absolute atomic E-state index is 14.4. The highest BCUT2D eigenvalue weighted by molar-refractivity contribution is 6.30. The summed E-state index contributed by atoms with van der Waals surface area (Å²) in [5, 5.41) is 4.66. The number of piperidine rings is 1. The number of hydrogen-bond acceptors (Lipinski definition) is 4. The van der Waals surface area contributed by atoms with Crippen LogP contribution in [0.15, 0.2) is 66.9 Å². The predicted octanol–water partition coefficient (Wildman–Crippen LogP) is 6.77. The molecule has 1 aromatic heterocycles. The van der Waals surface area contributed by atoms with Crippen LogP contribution in [0.25, 0.3) is 6.08 Å². The van der Waals surface area contributed by atoms with Gasteiger partial charge in [0.1, 0.15) is 5.15 Å². The topological polar surface area (TPSA) is 51.7 Å². The summed E-state index contributed by atoms with van der Waals surface area (Å²) >= 11 is 12.3. The molecule has 1 spiro atoms. The van der Waals surface area contributed by atoms with Gasteiger partial charge in [-0.15, -0.1) is 0 Å². The number of hydrogen-bond donors (Lipinski definition) is 1. The monoisotopic (exact) mass is 575 g/mol. The van der Waals surface area contributed by atoms with Crippen LogP contribution in [-0.2, 0) is 12.0 Å². The van der Waals surface area contributed by atoms with Gasteiger partial charge < -0.3 is 15.1 Å². The number of anilines is 2. The van der Waals surface area contributed by atoms with Crippen molar-refractivity contribution in [3.63, 3.8) is 0 Å². The van der Waals surface area contributed by atoms with Gasteiger partial charge in [-0.2, -0.15) is 0 Å². The first kappa shape index (κ1) is 27.1. The zero-order valence-electron chi connectivity index (χ0n) is 22.7. The lowest BCUT2D eigenvalue weighted by Crippen LogP contribution is -2.47. The molecule has 2 saturated heterocycles. The van der Waals surface area contributed by atoms with Crippen LogP contribution in [0.1, 0.15) is 42.4 Å². The molecule has 2 fully saturated rings. The predicted molar refractivity (Wildman–Crippen MR) is 165 cm³/mol. The summed E-state index contributed by atoms with van der Waals surface area (Å²) in [7, 11) is 0. The second-order valence-electron chi connectivity index (χ2n) is 11.1. The molecule has 0 bridgehead atoms. The fourth-order valence-electron chi connectivity index (χ4n) is 6.36. The van der Waals surface area contributed by atoms with Crippen LogP contribution in [0.5, 0.6) is 0 Å². The van der Waals surface area contributed by atoms with E-state index in [1.807, 2.05) is 58.4 Å². The lowest BCUT2D eigenvalue weighted by atomic mass is 9.74. The minimum atomic E-state index is -0.0171. The van der Waals surface area contributed by atoms with Gasteiger partial charge in [0.2, 0.25) is 0 Å². The van der Waals surface area contributed by atoms with E-state index in [0.29, 0.717) is 29.8 Å². The van der Waals surface area contributed by atoms with E-state index in [-0.39, 0.29) is 11.4 Å². The summed E-state index contributed by atoms with van der Waals surface area (Å²) in [6.45, 7) is 5.78. The molecule has 8 heteroatoms. The van der Waals surface area contributed by atoms with Gasteiger partial charge in [-0.05, 0) is 97.9 Å². The molecule has 4 heterocycles. The molecule has 2 amide bonds. The maximum atomic E-state index is 14.4. The van der Waals surface area contributed by atoms with Crippen LogP contribution in [0.2, 0.25) is 10.2 Å². The van der Waals surface area contributed by atoms with Gasteiger partial charge >= 0.3 is 6.03 Å².